The standard InChI is InChI=1S/C28H50O7/c1-2-3-4-5-6-7-8-9-10-11-12-13-14-15-16-18-25(30)19-17-22-34-27(32)20-21-28(33)35-24-26(31)23-29/h9-10,26,29,31H,2-8,11-24H2,1H3/b10-9-. The molecule has 1 unspecified atom stereocenters. The van der Waals surface area contributed by atoms with Crippen LogP contribution in [0.2, 0.25) is 0 Å². The molecule has 7 heteroatoms. The normalized spacial score (nSPS) is 12.1. The fourth-order valence-corrected chi connectivity index (χ4v) is 3.56. The molecule has 0 spiro atoms. The van der Waals surface area contributed by atoms with Crippen molar-refractivity contribution in [2.45, 2.75) is 129 Å². The van der Waals surface area contributed by atoms with Crippen LogP contribution < -0.4 is 0 Å². The third kappa shape index (κ3) is 25.2. The van der Waals surface area contributed by atoms with Crippen molar-refractivity contribution >= 4 is 17.7 Å². The summed E-state index contributed by atoms with van der Waals surface area (Å²) in [7, 11) is 0. The van der Waals surface area contributed by atoms with Gasteiger partial charge in [-0.05, 0) is 38.5 Å². The van der Waals surface area contributed by atoms with Crippen LogP contribution >= 0.6 is 0 Å². The van der Waals surface area contributed by atoms with Crippen molar-refractivity contribution in [3.63, 3.8) is 0 Å². The molecule has 7 nitrogen and oxygen atoms in total. The number of aliphatic hydroxyl groups is 2. The van der Waals surface area contributed by atoms with Gasteiger partial charge in [0.05, 0.1) is 26.1 Å². The summed E-state index contributed by atoms with van der Waals surface area (Å²) < 4.78 is 9.73. The molecule has 0 rings (SSSR count). The number of esters is 2. The smallest absolute Gasteiger partial charge is 0.306 e. The zero-order valence-electron chi connectivity index (χ0n) is 22.0. The SMILES string of the molecule is CCCCCCCC/C=C\CCCCCCCC(=O)CCCOC(=O)CCC(=O)OCC(O)CO. The summed E-state index contributed by atoms with van der Waals surface area (Å²) in [6, 6.07) is 0. The molecule has 35 heavy (non-hydrogen) atoms. The summed E-state index contributed by atoms with van der Waals surface area (Å²) in [5.41, 5.74) is 0. The van der Waals surface area contributed by atoms with Gasteiger partial charge in [-0.25, -0.2) is 0 Å². The highest BCUT2D eigenvalue weighted by Crippen LogP contribution is 2.11. The Kier molecular flexibility index (Phi) is 24.1. The fourth-order valence-electron chi connectivity index (χ4n) is 3.56. The molecule has 0 amide bonds. The molecular weight excluding hydrogens is 448 g/mol. The molecule has 0 aromatic carbocycles. The van der Waals surface area contributed by atoms with Crippen LogP contribution in [0.25, 0.3) is 0 Å². The fraction of sp³-hybridized carbons (Fsp3) is 0.821. The van der Waals surface area contributed by atoms with Gasteiger partial charge < -0.3 is 19.7 Å². The second-order valence-electron chi connectivity index (χ2n) is 9.22. The van der Waals surface area contributed by atoms with Crippen LogP contribution in [0.1, 0.15) is 122 Å². The number of carbonyl (C=O) groups is 3. The minimum atomic E-state index is -1.12. The van der Waals surface area contributed by atoms with Crippen LogP contribution in [0.15, 0.2) is 12.2 Å². The van der Waals surface area contributed by atoms with Crippen molar-refractivity contribution in [2.24, 2.45) is 0 Å². The molecule has 0 saturated carbocycles. The van der Waals surface area contributed by atoms with E-state index in [0.717, 1.165) is 25.7 Å². The van der Waals surface area contributed by atoms with Crippen molar-refractivity contribution < 1.29 is 34.1 Å². The number of unbranched alkanes of at least 4 members (excludes halogenated alkanes) is 11. The third-order valence-corrected chi connectivity index (χ3v) is 5.76. The predicted molar refractivity (Wildman–Crippen MR) is 138 cm³/mol. The Bertz CT molecular complexity index is 560. The molecule has 0 aromatic rings. The van der Waals surface area contributed by atoms with Crippen LogP contribution in [0.3, 0.4) is 0 Å². The number of carbonyl (C=O) groups excluding carboxylic acids is 3. The molecule has 0 aliphatic heterocycles. The van der Waals surface area contributed by atoms with Crippen molar-refractivity contribution in [2.75, 3.05) is 19.8 Å². The first-order chi connectivity index (χ1) is 17.0. The molecule has 0 heterocycles. The first-order valence-corrected chi connectivity index (χ1v) is 13.8. The Morgan fingerprint density at radius 2 is 1.20 bits per heavy atom. The van der Waals surface area contributed by atoms with Gasteiger partial charge in [0.25, 0.3) is 0 Å². The lowest BCUT2D eigenvalue weighted by molar-refractivity contribution is -0.152. The number of Topliss-reactive ketones (excluding diaryl/α,β-unsaturated/α-hetero) is 1. The maximum atomic E-state index is 11.9. The lowest BCUT2D eigenvalue weighted by atomic mass is 10.1. The molecule has 0 radical (unpaired) electrons. The Labute approximate surface area is 212 Å². The van der Waals surface area contributed by atoms with Crippen molar-refractivity contribution in [1.82, 2.24) is 0 Å². The number of hydrogen-bond acceptors (Lipinski definition) is 7. The molecule has 0 aliphatic carbocycles. The second kappa shape index (κ2) is 25.4. The van der Waals surface area contributed by atoms with Crippen molar-refractivity contribution in [1.29, 1.82) is 0 Å². The van der Waals surface area contributed by atoms with Crippen LogP contribution in [0, 0.1) is 0 Å². The van der Waals surface area contributed by atoms with Gasteiger partial charge in [-0.1, -0.05) is 70.4 Å². The Morgan fingerprint density at radius 3 is 1.80 bits per heavy atom. The molecule has 0 bridgehead atoms. The lowest BCUT2D eigenvalue weighted by Gasteiger charge is -2.08. The zero-order valence-corrected chi connectivity index (χ0v) is 22.0. The van der Waals surface area contributed by atoms with Crippen molar-refractivity contribution in [3.8, 4) is 0 Å². The summed E-state index contributed by atoms with van der Waals surface area (Å²) in [4.78, 5) is 34.9. The van der Waals surface area contributed by atoms with E-state index in [0.29, 0.717) is 19.3 Å². The number of ketones is 1. The Morgan fingerprint density at radius 1 is 0.686 bits per heavy atom. The summed E-state index contributed by atoms with van der Waals surface area (Å²) >= 11 is 0. The highest BCUT2D eigenvalue weighted by Gasteiger charge is 2.11. The highest BCUT2D eigenvalue weighted by atomic mass is 16.5. The van der Waals surface area contributed by atoms with Crippen LogP contribution in [-0.4, -0.2) is 53.9 Å². The van der Waals surface area contributed by atoms with E-state index in [2.05, 4.69) is 19.1 Å². The number of ether oxygens (including phenoxy) is 2. The average Bonchev–Trinajstić information content (AvgIpc) is 2.86. The summed E-state index contributed by atoms with van der Waals surface area (Å²) in [6.07, 6.45) is 20.8. The quantitative estimate of drug-likeness (QED) is 0.0958. The predicted octanol–water partition coefficient (Wildman–Crippen LogP) is 5.59. The van der Waals surface area contributed by atoms with Crippen LogP contribution in [0.5, 0.6) is 0 Å². The van der Waals surface area contributed by atoms with Gasteiger partial charge in [0.2, 0.25) is 0 Å². The first kappa shape index (κ1) is 33.3. The van der Waals surface area contributed by atoms with Gasteiger partial charge in [-0.3, -0.25) is 14.4 Å². The van der Waals surface area contributed by atoms with Gasteiger partial charge in [0, 0.05) is 12.8 Å². The summed E-state index contributed by atoms with van der Waals surface area (Å²) in [5, 5.41) is 17.7. The van der Waals surface area contributed by atoms with E-state index in [4.69, 9.17) is 19.7 Å². The topological polar surface area (TPSA) is 110 Å². The van der Waals surface area contributed by atoms with Crippen molar-refractivity contribution in [3.05, 3.63) is 12.2 Å². The Balaban J connectivity index is 3.43. The maximum Gasteiger partial charge on any atom is 0.306 e. The number of allylic oxidation sites excluding steroid dienone is 2. The number of aliphatic hydroxyl groups excluding tert-OH is 2. The van der Waals surface area contributed by atoms with E-state index in [-0.39, 0.29) is 31.8 Å². The lowest BCUT2D eigenvalue weighted by Crippen LogP contribution is -2.22. The van der Waals surface area contributed by atoms with E-state index in [1.165, 1.54) is 57.8 Å². The van der Waals surface area contributed by atoms with E-state index < -0.39 is 24.6 Å². The minimum Gasteiger partial charge on any atom is -0.466 e. The molecule has 204 valence electrons. The van der Waals surface area contributed by atoms with Gasteiger partial charge in [-0.2, -0.15) is 0 Å². The molecule has 0 aromatic heterocycles. The Hall–Kier alpha value is -1.73. The first-order valence-electron chi connectivity index (χ1n) is 13.8. The zero-order chi connectivity index (χ0) is 26.0. The van der Waals surface area contributed by atoms with E-state index >= 15 is 0 Å². The number of hydrogen-bond donors (Lipinski definition) is 2. The molecular formula is C28H50O7. The van der Waals surface area contributed by atoms with E-state index in [1.807, 2.05) is 0 Å². The molecule has 0 aliphatic rings. The number of rotatable bonds is 25. The van der Waals surface area contributed by atoms with Crippen LogP contribution in [0.4, 0.5) is 0 Å². The van der Waals surface area contributed by atoms with Gasteiger partial charge in [0.1, 0.15) is 18.5 Å². The van der Waals surface area contributed by atoms with Crippen LogP contribution in [-0.2, 0) is 23.9 Å². The largest absolute Gasteiger partial charge is 0.466 e. The highest BCUT2D eigenvalue weighted by molar-refractivity contribution is 5.78. The monoisotopic (exact) mass is 498 g/mol. The molecule has 2 N–H and O–H groups in total. The van der Waals surface area contributed by atoms with Gasteiger partial charge in [0.15, 0.2) is 0 Å². The molecule has 1 atom stereocenters. The summed E-state index contributed by atoms with van der Waals surface area (Å²) in [6.45, 7) is 1.61. The van der Waals surface area contributed by atoms with E-state index in [1.54, 1.807) is 0 Å². The van der Waals surface area contributed by atoms with Gasteiger partial charge in [-0.15, -0.1) is 0 Å². The maximum absolute atomic E-state index is 11.9. The van der Waals surface area contributed by atoms with Gasteiger partial charge >= 0.3 is 11.9 Å². The summed E-state index contributed by atoms with van der Waals surface area (Å²) in [5.74, 6) is -0.955. The average molecular weight is 499 g/mol. The van der Waals surface area contributed by atoms with E-state index in [9.17, 15) is 14.4 Å². The second-order valence-corrected chi connectivity index (χ2v) is 9.22. The molecule has 0 saturated heterocycles. The minimum absolute atomic E-state index is 0.114. The molecule has 0 fully saturated rings. The third-order valence-electron chi connectivity index (χ3n) is 5.76.